The van der Waals surface area contributed by atoms with Crippen molar-refractivity contribution < 1.29 is 19.1 Å². The SMILES string of the molecule is CC1(C)OC(C(=O)NCc2ccc(-c3ccncc3N)cc2)[C@H](C(=O)N2CCCC2c2ccccc2)O1. The van der Waals surface area contributed by atoms with Crippen LogP contribution in [0.5, 0.6) is 0 Å². The maximum Gasteiger partial charge on any atom is 0.255 e. The van der Waals surface area contributed by atoms with Gasteiger partial charge < -0.3 is 25.4 Å². The molecule has 0 spiro atoms. The molecular formula is C29H32N4O4. The first-order chi connectivity index (χ1) is 17.8. The second kappa shape index (κ2) is 10.3. The Balaban J connectivity index is 1.26. The number of carbonyl (C=O) groups excluding carboxylic acids is 2. The number of benzene rings is 2. The highest BCUT2D eigenvalue weighted by Crippen LogP contribution is 2.36. The van der Waals surface area contributed by atoms with Gasteiger partial charge >= 0.3 is 0 Å². The van der Waals surface area contributed by atoms with Crippen molar-refractivity contribution in [2.45, 2.75) is 57.3 Å². The molecule has 0 aliphatic carbocycles. The van der Waals surface area contributed by atoms with E-state index < -0.39 is 18.0 Å². The van der Waals surface area contributed by atoms with Gasteiger partial charge in [0.1, 0.15) is 0 Å². The molecule has 37 heavy (non-hydrogen) atoms. The number of hydrogen-bond acceptors (Lipinski definition) is 6. The maximum atomic E-state index is 13.6. The lowest BCUT2D eigenvalue weighted by Gasteiger charge is -2.28. The molecule has 2 saturated heterocycles. The van der Waals surface area contributed by atoms with Crippen LogP contribution in [0.3, 0.4) is 0 Å². The summed E-state index contributed by atoms with van der Waals surface area (Å²) in [6.45, 7) is 4.37. The van der Waals surface area contributed by atoms with Crippen LogP contribution in [0.2, 0.25) is 0 Å². The molecular weight excluding hydrogens is 468 g/mol. The number of likely N-dealkylation sites (tertiary alicyclic amines) is 1. The largest absolute Gasteiger partial charge is 0.397 e. The van der Waals surface area contributed by atoms with Gasteiger partial charge in [-0.05, 0) is 49.4 Å². The van der Waals surface area contributed by atoms with Crippen molar-refractivity contribution in [3.63, 3.8) is 0 Å². The maximum absolute atomic E-state index is 13.6. The third-order valence-corrected chi connectivity index (χ3v) is 6.90. The lowest BCUT2D eigenvalue weighted by atomic mass is 10.0. The Kier molecular flexibility index (Phi) is 6.95. The number of nitrogens with one attached hydrogen (secondary N) is 1. The van der Waals surface area contributed by atoms with Gasteiger partial charge in [0, 0.05) is 24.8 Å². The molecule has 0 radical (unpaired) electrons. The van der Waals surface area contributed by atoms with E-state index in [1.54, 1.807) is 26.2 Å². The molecule has 3 heterocycles. The van der Waals surface area contributed by atoms with Crippen molar-refractivity contribution >= 4 is 17.5 Å². The summed E-state index contributed by atoms with van der Waals surface area (Å²) in [4.78, 5) is 32.7. The predicted octanol–water partition coefficient (Wildman–Crippen LogP) is 3.83. The molecule has 8 nitrogen and oxygen atoms in total. The summed E-state index contributed by atoms with van der Waals surface area (Å²) in [5.74, 6) is -1.63. The van der Waals surface area contributed by atoms with Crippen molar-refractivity contribution in [2.24, 2.45) is 0 Å². The number of amides is 2. The number of anilines is 1. The summed E-state index contributed by atoms with van der Waals surface area (Å²) in [7, 11) is 0. The second-order valence-electron chi connectivity index (χ2n) is 9.95. The first kappa shape index (κ1) is 24.9. The average Bonchev–Trinajstić information content (AvgIpc) is 3.52. The Hall–Kier alpha value is -3.75. The number of carbonyl (C=O) groups is 2. The Morgan fingerprint density at radius 3 is 2.51 bits per heavy atom. The van der Waals surface area contributed by atoms with Crippen molar-refractivity contribution in [2.75, 3.05) is 12.3 Å². The highest BCUT2D eigenvalue weighted by atomic mass is 16.8. The zero-order valence-corrected chi connectivity index (χ0v) is 21.1. The van der Waals surface area contributed by atoms with Crippen LogP contribution in [0.1, 0.15) is 43.9 Å². The molecule has 2 fully saturated rings. The van der Waals surface area contributed by atoms with Crippen LogP contribution in [0, 0.1) is 0 Å². The predicted molar refractivity (Wildman–Crippen MR) is 140 cm³/mol. The number of aromatic nitrogens is 1. The van der Waals surface area contributed by atoms with Crippen molar-refractivity contribution in [3.8, 4) is 11.1 Å². The highest BCUT2D eigenvalue weighted by molar-refractivity contribution is 5.92. The molecule has 0 bridgehead atoms. The van der Waals surface area contributed by atoms with Crippen LogP contribution in [0.15, 0.2) is 73.1 Å². The van der Waals surface area contributed by atoms with Crippen LogP contribution in [0.25, 0.3) is 11.1 Å². The van der Waals surface area contributed by atoms with Gasteiger partial charge in [-0.2, -0.15) is 0 Å². The normalized spacial score (nSPS) is 22.6. The minimum absolute atomic E-state index is 0.0299. The van der Waals surface area contributed by atoms with Crippen molar-refractivity contribution in [3.05, 3.63) is 84.2 Å². The van der Waals surface area contributed by atoms with E-state index in [4.69, 9.17) is 15.2 Å². The molecule has 3 atom stereocenters. The van der Waals surface area contributed by atoms with Crippen LogP contribution in [0.4, 0.5) is 5.69 Å². The Bertz CT molecular complexity index is 1260. The zero-order valence-electron chi connectivity index (χ0n) is 21.1. The van der Waals surface area contributed by atoms with Crippen LogP contribution < -0.4 is 11.1 Å². The molecule has 1 aromatic heterocycles. The number of rotatable bonds is 6. The van der Waals surface area contributed by atoms with E-state index >= 15 is 0 Å². The van der Waals surface area contributed by atoms with Gasteiger partial charge in [-0.25, -0.2) is 0 Å². The number of hydrogen-bond donors (Lipinski definition) is 2. The smallest absolute Gasteiger partial charge is 0.255 e. The molecule has 5 rings (SSSR count). The molecule has 2 amide bonds. The molecule has 2 unspecified atom stereocenters. The van der Waals surface area contributed by atoms with Gasteiger partial charge in [0.2, 0.25) is 0 Å². The molecule has 3 aromatic rings. The fourth-order valence-corrected chi connectivity index (χ4v) is 5.11. The zero-order chi connectivity index (χ0) is 26.0. The molecule has 2 aliphatic heterocycles. The lowest BCUT2D eigenvalue weighted by molar-refractivity contribution is -0.163. The number of nitrogens with two attached hydrogens (primary N) is 1. The van der Waals surface area contributed by atoms with Crippen molar-refractivity contribution in [1.82, 2.24) is 15.2 Å². The third kappa shape index (κ3) is 5.35. The first-order valence-corrected chi connectivity index (χ1v) is 12.6. The Morgan fingerprint density at radius 2 is 1.78 bits per heavy atom. The number of ether oxygens (including phenoxy) is 2. The number of pyridine rings is 1. The summed E-state index contributed by atoms with van der Waals surface area (Å²) in [6, 6.07) is 19.6. The fraction of sp³-hybridized carbons (Fsp3) is 0.345. The summed E-state index contributed by atoms with van der Waals surface area (Å²) in [6.07, 6.45) is 3.07. The summed E-state index contributed by atoms with van der Waals surface area (Å²) < 4.78 is 11.9. The van der Waals surface area contributed by atoms with E-state index in [-0.39, 0.29) is 17.9 Å². The topological polar surface area (TPSA) is 107 Å². The van der Waals surface area contributed by atoms with Gasteiger partial charge in [-0.15, -0.1) is 0 Å². The molecule has 8 heteroatoms. The number of nitrogen functional groups attached to an aromatic ring is 1. The molecule has 2 aromatic carbocycles. The Morgan fingerprint density at radius 1 is 1.05 bits per heavy atom. The Labute approximate surface area is 216 Å². The molecule has 2 aliphatic rings. The molecule has 192 valence electrons. The second-order valence-corrected chi connectivity index (χ2v) is 9.95. The number of nitrogens with zero attached hydrogens (tertiary/aromatic N) is 2. The lowest BCUT2D eigenvalue weighted by Crippen LogP contribution is -2.49. The van der Waals surface area contributed by atoms with E-state index in [2.05, 4.69) is 10.3 Å². The standard InChI is InChI=1S/C29H32N4O4/c1-29(2)36-25(26(37-29)28(35)33-16-6-9-24(33)21-7-4-3-5-8-21)27(34)32-17-19-10-12-20(13-11-19)22-14-15-31-18-23(22)30/h3-5,7-8,10-15,18,24-26H,6,9,16-17,30H2,1-2H3,(H,32,34)/t24?,25?,26-/m1/s1. The van der Waals surface area contributed by atoms with Crippen LogP contribution in [-0.2, 0) is 25.6 Å². The highest BCUT2D eigenvalue weighted by Gasteiger charge is 2.51. The van der Waals surface area contributed by atoms with Gasteiger partial charge in [0.15, 0.2) is 18.0 Å². The van der Waals surface area contributed by atoms with E-state index in [0.29, 0.717) is 18.8 Å². The van der Waals surface area contributed by atoms with Crippen LogP contribution >= 0.6 is 0 Å². The van der Waals surface area contributed by atoms with Gasteiger partial charge in [-0.1, -0.05) is 54.6 Å². The van der Waals surface area contributed by atoms with E-state index in [0.717, 1.165) is 35.1 Å². The van der Waals surface area contributed by atoms with Gasteiger partial charge in [-0.3, -0.25) is 14.6 Å². The minimum Gasteiger partial charge on any atom is -0.397 e. The quantitative estimate of drug-likeness (QED) is 0.533. The van der Waals surface area contributed by atoms with Gasteiger partial charge in [0.05, 0.1) is 17.9 Å². The molecule has 0 saturated carbocycles. The van der Waals surface area contributed by atoms with Gasteiger partial charge in [0.25, 0.3) is 11.8 Å². The molecule has 3 N–H and O–H groups in total. The van der Waals surface area contributed by atoms with Crippen LogP contribution in [-0.4, -0.2) is 46.2 Å². The fourth-order valence-electron chi connectivity index (χ4n) is 5.11. The van der Waals surface area contributed by atoms with Crippen molar-refractivity contribution in [1.29, 1.82) is 0 Å². The summed E-state index contributed by atoms with van der Waals surface area (Å²) in [5.41, 5.74) is 10.5. The average molecular weight is 501 g/mol. The van der Waals surface area contributed by atoms with E-state index in [1.807, 2.05) is 65.6 Å². The van der Waals surface area contributed by atoms with E-state index in [9.17, 15) is 9.59 Å². The minimum atomic E-state index is -1.05. The monoisotopic (exact) mass is 500 g/mol. The van der Waals surface area contributed by atoms with E-state index in [1.165, 1.54) is 0 Å². The third-order valence-electron chi connectivity index (χ3n) is 6.90. The summed E-state index contributed by atoms with van der Waals surface area (Å²) in [5, 5.41) is 2.92. The first-order valence-electron chi connectivity index (χ1n) is 12.6. The summed E-state index contributed by atoms with van der Waals surface area (Å²) >= 11 is 0.